The SMILES string of the molecule is Cc1nc(N)c2c(n1)OC(C)(C)C(c1ccc(C3CCC(CC(=O)Nc4nn[nH]n4)CC3)cc1)=N2. The zero-order valence-electron chi connectivity index (χ0n) is 20.1. The summed E-state index contributed by atoms with van der Waals surface area (Å²) in [5.74, 6) is 2.29. The lowest BCUT2D eigenvalue weighted by atomic mass is 9.77. The van der Waals surface area contributed by atoms with E-state index in [-0.39, 0.29) is 11.9 Å². The second-order valence-corrected chi connectivity index (χ2v) is 9.71. The van der Waals surface area contributed by atoms with Crippen molar-refractivity contribution in [2.24, 2.45) is 10.9 Å². The topological polar surface area (TPSA) is 157 Å². The molecule has 0 bridgehead atoms. The fraction of sp³-hybridized carbons (Fsp3) is 0.458. The van der Waals surface area contributed by atoms with Crippen molar-refractivity contribution in [2.45, 2.75) is 64.4 Å². The summed E-state index contributed by atoms with van der Waals surface area (Å²) in [6.07, 6.45) is 4.60. The van der Waals surface area contributed by atoms with Gasteiger partial charge >= 0.3 is 0 Å². The first-order valence-corrected chi connectivity index (χ1v) is 11.8. The van der Waals surface area contributed by atoms with Gasteiger partial charge in [0, 0.05) is 12.0 Å². The number of ether oxygens (including phenoxy) is 1. The standard InChI is InChI=1S/C24H29N9O2/c1-13-26-21(25)19-22(27-13)35-24(2,3)20(29-19)17-10-8-16(9-11-17)15-6-4-14(5-7-15)12-18(34)28-23-30-32-33-31-23/h8-11,14-15H,4-7,12H2,1-3H3,(H2,25,26,27)(H2,28,30,31,32,33,34). The molecule has 1 aliphatic heterocycles. The number of nitrogen functional groups attached to an aromatic ring is 1. The molecule has 5 rings (SSSR count). The van der Waals surface area contributed by atoms with Crippen molar-refractivity contribution in [2.75, 3.05) is 11.1 Å². The third-order valence-corrected chi connectivity index (χ3v) is 6.71. The molecule has 2 aliphatic rings. The van der Waals surface area contributed by atoms with E-state index in [2.05, 4.69) is 60.2 Å². The van der Waals surface area contributed by atoms with E-state index < -0.39 is 5.60 Å². The van der Waals surface area contributed by atoms with E-state index in [4.69, 9.17) is 15.5 Å². The third kappa shape index (κ3) is 4.84. The van der Waals surface area contributed by atoms with Crippen LogP contribution >= 0.6 is 0 Å². The highest BCUT2D eigenvalue weighted by Gasteiger charge is 2.35. The van der Waals surface area contributed by atoms with Crippen molar-refractivity contribution in [1.29, 1.82) is 0 Å². The maximum absolute atomic E-state index is 12.2. The number of H-pyrrole nitrogens is 1. The van der Waals surface area contributed by atoms with Gasteiger partial charge in [-0.1, -0.05) is 29.4 Å². The second-order valence-electron chi connectivity index (χ2n) is 9.71. The molecule has 3 heterocycles. The fourth-order valence-electron chi connectivity index (χ4n) is 4.95. The van der Waals surface area contributed by atoms with E-state index >= 15 is 0 Å². The van der Waals surface area contributed by atoms with E-state index in [1.54, 1.807) is 6.92 Å². The van der Waals surface area contributed by atoms with E-state index in [9.17, 15) is 4.79 Å². The van der Waals surface area contributed by atoms with E-state index in [1.807, 2.05) is 13.8 Å². The lowest BCUT2D eigenvalue weighted by Crippen LogP contribution is -2.41. The van der Waals surface area contributed by atoms with Gasteiger partial charge in [0.25, 0.3) is 5.95 Å². The first-order valence-electron chi connectivity index (χ1n) is 11.8. The van der Waals surface area contributed by atoms with Gasteiger partial charge in [0.15, 0.2) is 11.5 Å². The molecule has 35 heavy (non-hydrogen) atoms. The Hall–Kier alpha value is -3.89. The number of carbonyl (C=O) groups is 1. The van der Waals surface area contributed by atoms with Crippen LogP contribution in [0.2, 0.25) is 0 Å². The molecule has 1 saturated carbocycles. The largest absolute Gasteiger partial charge is 0.463 e. The molecule has 0 saturated heterocycles. The van der Waals surface area contributed by atoms with Crippen molar-refractivity contribution in [3.63, 3.8) is 0 Å². The molecule has 0 spiro atoms. The van der Waals surface area contributed by atoms with E-state index in [0.717, 1.165) is 37.0 Å². The minimum absolute atomic E-state index is 0.0694. The Labute approximate surface area is 203 Å². The monoisotopic (exact) mass is 475 g/mol. The van der Waals surface area contributed by atoms with Crippen LogP contribution in [0.3, 0.4) is 0 Å². The van der Waals surface area contributed by atoms with Gasteiger partial charge in [-0.05, 0) is 69.1 Å². The number of nitrogens with one attached hydrogen (secondary N) is 2. The number of tetrazole rings is 1. The molecule has 182 valence electrons. The Morgan fingerprint density at radius 2 is 1.91 bits per heavy atom. The molecule has 0 atom stereocenters. The van der Waals surface area contributed by atoms with Crippen molar-refractivity contribution in [3.05, 3.63) is 41.2 Å². The molecule has 0 unspecified atom stereocenters. The van der Waals surface area contributed by atoms with Crippen molar-refractivity contribution < 1.29 is 9.53 Å². The molecule has 11 nitrogen and oxygen atoms in total. The highest BCUT2D eigenvalue weighted by Crippen LogP contribution is 2.40. The predicted octanol–water partition coefficient (Wildman–Crippen LogP) is 3.47. The van der Waals surface area contributed by atoms with Gasteiger partial charge in [-0.3, -0.25) is 10.1 Å². The number of aliphatic imine (C=N–C) groups is 1. The van der Waals surface area contributed by atoms with Crippen LogP contribution in [0.4, 0.5) is 17.5 Å². The van der Waals surface area contributed by atoms with Crippen LogP contribution in [0.25, 0.3) is 0 Å². The minimum atomic E-state index is -0.651. The first kappa shape index (κ1) is 22.9. The van der Waals surface area contributed by atoms with Gasteiger partial charge in [0.2, 0.25) is 11.8 Å². The molecule has 1 amide bonds. The molecule has 4 N–H and O–H groups in total. The minimum Gasteiger partial charge on any atom is -0.463 e. The summed E-state index contributed by atoms with van der Waals surface area (Å²) in [7, 11) is 0. The number of fused-ring (bicyclic) bond motifs is 1. The number of aromatic amines is 1. The Morgan fingerprint density at radius 3 is 2.60 bits per heavy atom. The van der Waals surface area contributed by atoms with Crippen LogP contribution in [0.15, 0.2) is 29.3 Å². The molecule has 1 aliphatic carbocycles. The number of nitrogens with zero attached hydrogens (tertiary/aromatic N) is 6. The van der Waals surface area contributed by atoms with Gasteiger partial charge in [-0.25, -0.2) is 9.98 Å². The molecular weight excluding hydrogens is 446 g/mol. The van der Waals surface area contributed by atoms with Crippen LogP contribution in [-0.4, -0.2) is 47.8 Å². The molecule has 0 radical (unpaired) electrons. The van der Waals surface area contributed by atoms with Crippen LogP contribution in [0, 0.1) is 12.8 Å². The van der Waals surface area contributed by atoms with Crippen molar-refractivity contribution in [3.8, 4) is 5.88 Å². The van der Waals surface area contributed by atoms with Crippen molar-refractivity contribution >= 4 is 29.1 Å². The number of aryl methyl sites for hydroxylation is 1. The smallest absolute Gasteiger partial charge is 0.269 e. The second kappa shape index (κ2) is 9.05. The third-order valence-electron chi connectivity index (χ3n) is 6.71. The van der Waals surface area contributed by atoms with Gasteiger partial charge in [-0.2, -0.15) is 10.2 Å². The van der Waals surface area contributed by atoms with Crippen LogP contribution in [-0.2, 0) is 4.79 Å². The number of hydrogen-bond donors (Lipinski definition) is 3. The molecule has 1 fully saturated rings. The summed E-state index contributed by atoms with van der Waals surface area (Å²) in [4.78, 5) is 25.6. The lowest BCUT2D eigenvalue weighted by molar-refractivity contribution is -0.117. The van der Waals surface area contributed by atoms with Crippen LogP contribution in [0.5, 0.6) is 5.88 Å². The average molecular weight is 476 g/mol. The first-order chi connectivity index (χ1) is 16.8. The normalized spacial score (nSPS) is 20.9. The number of anilines is 2. The maximum atomic E-state index is 12.2. The predicted molar refractivity (Wildman–Crippen MR) is 131 cm³/mol. The Balaban J connectivity index is 1.24. The van der Waals surface area contributed by atoms with E-state index in [1.165, 1.54) is 5.56 Å². The quantitative estimate of drug-likeness (QED) is 0.506. The number of carbonyl (C=O) groups excluding carboxylic acids is 1. The van der Waals surface area contributed by atoms with E-state index in [0.29, 0.717) is 41.5 Å². The summed E-state index contributed by atoms with van der Waals surface area (Å²) in [5, 5.41) is 16.0. The van der Waals surface area contributed by atoms with Crippen molar-refractivity contribution in [1.82, 2.24) is 30.6 Å². The summed E-state index contributed by atoms with van der Waals surface area (Å²) < 4.78 is 6.16. The molecule has 2 aromatic heterocycles. The number of aromatic nitrogens is 6. The molecule has 1 aromatic carbocycles. The van der Waals surface area contributed by atoms with Crippen LogP contribution < -0.4 is 15.8 Å². The Bertz CT molecular complexity index is 1240. The van der Waals surface area contributed by atoms with Gasteiger partial charge in [-0.15, -0.1) is 5.10 Å². The number of amides is 1. The summed E-state index contributed by atoms with van der Waals surface area (Å²) in [5.41, 5.74) is 9.01. The van der Waals surface area contributed by atoms with Gasteiger partial charge in [0.1, 0.15) is 11.4 Å². The zero-order valence-corrected chi connectivity index (χ0v) is 20.1. The van der Waals surface area contributed by atoms with Gasteiger partial charge in [0.05, 0.1) is 5.71 Å². The summed E-state index contributed by atoms with van der Waals surface area (Å²) in [6, 6.07) is 8.54. The summed E-state index contributed by atoms with van der Waals surface area (Å²) >= 11 is 0. The number of benzene rings is 1. The van der Waals surface area contributed by atoms with Gasteiger partial charge < -0.3 is 10.5 Å². The average Bonchev–Trinajstić information content (AvgIpc) is 3.31. The molecular formula is C24H29N9O2. The Morgan fingerprint density at radius 1 is 1.17 bits per heavy atom. The summed E-state index contributed by atoms with van der Waals surface area (Å²) in [6.45, 7) is 5.74. The lowest BCUT2D eigenvalue weighted by Gasteiger charge is -2.32. The van der Waals surface area contributed by atoms with Crippen LogP contribution in [0.1, 0.15) is 68.8 Å². The Kier molecular flexibility index (Phi) is 5.91. The highest BCUT2D eigenvalue weighted by molar-refractivity contribution is 6.09. The zero-order chi connectivity index (χ0) is 24.6. The number of hydrogen-bond acceptors (Lipinski definition) is 9. The molecule has 3 aromatic rings. The maximum Gasteiger partial charge on any atom is 0.269 e. The number of rotatable bonds is 5. The fourth-order valence-corrected chi connectivity index (χ4v) is 4.95. The number of nitrogens with two attached hydrogens (primary N) is 1. The highest BCUT2D eigenvalue weighted by atomic mass is 16.5. The molecule has 11 heteroatoms.